The Bertz CT molecular complexity index is 3520. The zero-order valence-corrected chi connectivity index (χ0v) is 32.1. The highest BCUT2D eigenvalue weighted by Crippen LogP contribution is 2.45. The molecule has 3 nitrogen and oxygen atoms in total. The van der Waals surface area contributed by atoms with Crippen molar-refractivity contribution in [3.63, 3.8) is 0 Å². The third-order valence-electron chi connectivity index (χ3n) is 12.0. The van der Waals surface area contributed by atoms with Crippen LogP contribution in [0.3, 0.4) is 0 Å². The van der Waals surface area contributed by atoms with Crippen LogP contribution in [0.5, 0.6) is 0 Å². The molecular weight excluding hydrogens is 717 g/mol. The standard InChI is InChI=1S/C56H36N2O/c1-2-18-42-39(15-1)36-49(45-21-4-3-20-44(42)45)38-16-13-17-41(35-38)57(53-28-14-30-55-56(53)48-24-8-12-29-54(48)59-55)40-33-31-37(32-34-40)43-19-5-9-25-50(43)58-51-26-10-6-22-46(51)47-23-7-11-27-52(47)58/h1-36H. The maximum atomic E-state index is 6.45. The molecule has 0 atom stereocenters. The number of furan rings is 1. The average Bonchev–Trinajstić information content (AvgIpc) is 3.86. The van der Waals surface area contributed by atoms with Gasteiger partial charge in [-0.3, -0.25) is 0 Å². The molecule has 0 spiro atoms. The molecule has 10 aromatic carbocycles. The van der Waals surface area contributed by atoms with Gasteiger partial charge >= 0.3 is 0 Å². The second-order valence-corrected chi connectivity index (χ2v) is 15.3. The van der Waals surface area contributed by atoms with Gasteiger partial charge in [-0.2, -0.15) is 0 Å². The van der Waals surface area contributed by atoms with Crippen LogP contribution < -0.4 is 4.90 Å². The zero-order valence-electron chi connectivity index (χ0n) is 32.1. The highest BCUT2D eigenvalue weighted by Gasteiger charge is 2.21. The van der Waals surface area contributed by atoms with Gasteiger partial charge in [-0.05, 0) is 105 Å². The van der Waals surface area contributed by atoms with Crippen molar-refractivity contribution in [1.82, 2.24) is 4.57 Å². The first-order valence-electron chi connectivity index (χ1n) is 20.2. The molecule has 12 aromatic rings. The molecule has 3 heteroatoms. The molecule has 0 aliphatic carbocycles. The lowest BCUT2D eigenvalue weighted by Gasteiger charge is -2.27. The molecular formula is C56H36N2O. The molecule has 0 bridgehead atoms. The van der Waals surface area contributed by atoms with Gasteiger partial charge in [0.1, 0.15) is 11.2 Å². The lowest BCUT2D eigenvalue weighted by atomic mass is 9.93. The van der Waals surface area contributed by atoms with Crippen LogP contribution in [0.1, 0.15) is 0 Å². The lowest BCUT2D eigenvalue weighted by molar-refractivity contribution is 0.669. The van der Waals surface area contributed by atoms with Gasteiger partial charge in [0.2, 0.25) is 0 Å². The van der Waals surface area contributed by atoms with E-state index in [1.54, 1.807) is 0 Å². The van der Waals surface area contributed by atoms with E-state index in [4.69, 9.17) is 4.42 Å². The normalized spacial score (nSPS) is 11.7. The number of aromatic nitrogens is 1. The molecule has 0 aliphatic rings. The summed E-state index contributed by atoms with van der Waals surface area (Å²) in [6.07, 6.45) is 0. The van der Waals surface area contributed by atoms with Crippen LogP contribution in [0.15, 0.2) is 223 Å². The second kappa shape index (κ2) is 13.4. The van der Waals surface area contributed by atoms with Gasteiger partial charge in [-0.15, -0.1) is 0 Å². The fourth-order valence-electron chi connectivity index (χ4n) is 9.36. The lowest BCUT2D eigenvalue weighted by Crippen LogP contribution is -2.10. The Labute approximate surface area is 341 Å². The van der Waals surface area contributed by atoms with Crippen molar-refractivity contribution < 1.29 is 4.42 Å². The van der Waals surface area contributed by atoms with Crippen LogP contribution >= 0.6 is 0 Å². The SMILES string of the molecule is c1cc(-c2cc3ccccc3c3ccccc23)cc(N(c2ccc(-c3ccccc3-n3c4ccccc4c4ccccc43)cc2)c2cccc3oc4ccccc4c23)c1. The van der Waals surface area contributed by atoms with Crippen molar-refractivity contribution in [3.05, 3.63) is 218 Å². The predicted octanol–water partition coefficient (Wildman–Crippen LogP) is 15.8. The maximum absolute atomic E-state index is 6.45. The zero-order chi connectivity index (χ0) is 38.9. The van der Waals surface area contributed by atoms with Gasteiger partial charge < -0.3 is 13.9 Å². The van der Waals surface area contributed by atoms with Crippen LogP contribution in [0.25, 0.3) is 93.2 Å². The number of fused-ring (bicyclic) bond motifs is 9. The van der Waals surface area contributed by atoms with Crippen molar-refractivity contribution in [2.75, 3.05) is 4.90 Å². The summed E-state index contributed by atoms with van der Waals surface area (Å²) >= 11 is 0. The minimum Gasteiger partial charge on any atom is -0.456 e. The summed E-state index contributed by atoms with van der Waals surface area (Å²) in [5.41, 5.74) is 13.2. The number of hydrogen-bond donors (Lipinski definition) is 0. The van der Waals surface area contributed by atoms with E-state index < -0.39 is 0 Å². The van der Waals surface area contributed by atoms with E-state index in [9.17, 15) is 0 Å². The summed E-state index contributed by atoms with van der Waals surface area (Å²) in [5, 5.41) is 9.69. The summed E-state index contributed by atoms with van der Waals surface area (Å²) < 4.78 is 8.86. The number of anilines is 3. The number of para-hydroxylation sites is 4. The fourth-order valence-corrected chi connectivity index (χ4v) is 9.36. The number of nitrogens with zero attached hydrogens (tertiary/aromatic N) is 2. The third-order valence-corrected chi connectivity index (χ3v) is 12.0. The van der Waals surface area contributed by atoms with E-state index in [0.717, 1.165) is 55.8 Å². The Hall–Kier alpha value is -7.88. The summed E-state index contributed by atoms with van der Waals surface area (Å²) in [6, 6.07) is 78.7. The van der Waals surface area contributed by atoms with Crippen LogP contribution in [-0.4, -0.2) is 4.57 Å². The van der Waals surface area contributed by atoms with Crippen molar-refractivity contribution in [2.24, 2.45) is 0 Å². The molecule has 0 saturated heterocycles. The Kier molecular flexibility index (Phi) is 7.54. The molecule has 0 amide bonds. The monoisotopic (exact) mass is 752 g/mol. The minimum absolute atomic E-state index is 0.863. The molecule has 0 aliphatic heterocycles. The predicted molar refractivity (Wildman–Crippen MR) is 249 cm³/mol. The molecule has 12 rings (SSSR count). The fraction of sp³-hybridized carbons (Fsp3) is 0. The average molecular weight is 753 g/mol. The van der Waals surface area contributed by atoms with Crippen LogP contribution in [-0.2, 0) is 0 Å². The maximum Gasteiger partial charge on any atom is 0.137 e. The Balaban J connectivity index is 1.05. The van der Waals surface area contributed by atoms with Crippen molar-refractivity contribution >= 4 is 82.4 Å². The first-order valence-corrected chi connectivity index (χ1v) is 20.2. The van der Waals surface area contributed by atoms with Gasteiger partial charge in [0.15, 0.2) is 0 Å². The first kappa shape index (κ1) is 33.3. The smallest absolute Gasteiger partial charge is 0.137 e. The van der Waals surface area contributed by atoms with Crippen molar-refractivity contribution in [3.8, 4) is 27.9 Å². The number of rotatable bonds is 6. The van der Waals surface area contributed by atoms with E-state index in [0.29, 0.717) is 0 Å². The number of benzene rings is 10. The molecule has 0 saturated carbocycles. The van der Waals surface area contributed by atoms with Crippen LogP contribution in [0.2, 0.25) is 0 Å². The molecule has 0 unspecified atom stereocenters. The summed E-state index contributed by atoms with van der Waals surface area (Å²) in [6.45, 7) is 0. The van der Waals surface area contributed by atoms with Gasteiger partial charge in [0.05, 0.1) is 27.8 Å². The second-order valence-electron chi connectivity index (χ2n) is 15.3. The summed E-state index contributed by atoms with van der Waals surface area (Å²) in [7, 11) is 0. The van der Waals surface area contributed by atoms with Gasteiger partial charge in [0.25, 0.3) is 0 Å². The quantitative estimate of drug-likeness (QED) is 0.158. The summed E-state index contributed by atoms with van der Waals surface area (Å²) in [5.74, 6) is 0. The van der Waals surface area contributed by atoms with Gasteiger partial charge in [0, 0.05) is 33.1 Å². The molecule has 0 N–H and O–H groups in total. The molecule has 0 fully saturated rings. The Morgan fingerprint density at radius 2 is 0.966 bits per heavy atom. The van der Waals surface area contributed by atoms with Crippen LogP contribution in [0.4, 0.5) is 17.1 Å². The van der Waals surface area contributed by atoms with E-state index in [1.165, 1.54) is 54.5 Å². The molecule has 59 heavy (non-hydrogen) atoms. The van der Waals surface area contributed by atoms with E-state index in [-0.39, 0.29) is 0 Å². The molecule has 0 radical (unpaired) electrons. The first-order chi connectivity index (χ1) is 29.3. The van der Waals surface area contributed by atoms with E-state index >= 15 is 0 Å². The van der Waals surface area contributed by atoms with Crippen LogP contribution in [0, 0.1) is 0 Å². The van der Waals surface area contributed by atoms with Gasteiger partial charge in [-0.25, -0.2) is 0 Å². The van der Waals surface area contributed by atoms with Gasteiger partial charge in [-0.1, -0.05) is 152 Å². The van der Waals surface area contributed by atoms with E-state index in [1.807, 2.05) is 6.07 Å². The van der Waals surface area contributed by atoms with E-state index in [2.05, 4.69) is 222 Å². The number of hydrogen-bond acceptors (Lipinski definition) is 2. The van der Waals surface area contributed by atoms with Crippen molar-refractivity contribution in [1.29, 1.82) is 0 Å². The molecule has 2 heterocycles. The third kappa shape index (κ3) is 5.29. The molecule has 276 valence electrons. The summed E-state index contributed by atoms with van der Waals surface area (Å²) in [4.78, 5) is 2.39. The van der Waals surface area contributed by atoms with Crippen molar-refractivity contribution in [2.45, 2.75) is 0 Å². The highest BCUT2D eigenvalue weighted by atomic mass is 16.3. The Morgan fingerprint density at radius 1 is 0.356 bits per heavy atom. The highest BCUT2D eigenvalue weighted by molar-refractivity contribution is 6.15. The molecule has 2 aromatic heterocycles. The minimum atomic E-state index is 0.863. The largest absolute Gasteiger partial charge is 0.456 e. The Morgan fingerprint density at radius 3 is 1.76 bits per heavy atom. The topological polar surface area (TPSA) is 21.3 Å².